The van der Waals surface area contributed by atoms with E-state index < -0.39 is 0 Å². The largest absolute Gasteiger partial charge is 0.370 e. The number of hydrogen-bond donors (Lipinski definition) is 1. The summed E-state index contributed by atoms with van der Waals surface area (Å²) in [6.45, 7) is 6.12. The van der Waals surface area contributed by atoms with Crippen LogP contribution >= 0.6 is 0 Å². The molecule has 0 radical (unpaired) electrons. The molecule has 1 N–H and O–H groups in total. The summed E-state index contributed by atoms with van der Waals surface area (Å²) in [6, 6.07) is 0.489. The lowest BCUT2D eigenvalue weighted by atomic mass is 9.83. The second kappa shape index (κ2) is 6.49. The van der Waals surface area contributed by atoms with Gasteiger partial charge in [0.2, 0.25) is 0 Å². The fraction of sp³-hybridized carbons (Fsp3) is 0.824. The topological polar surface area (TPSA) is 39.1 Å². The van der Waals surface area contributed by atoms with Crippen molar-refractivity contribution < 1.29 is 4.74 Å². The molecule has 4 nitrogen and oxygen atoms in total. The summed E-state index contributed by atoms with van der Waals surface area (Å²) in [7, 11) is 0. The molecule has 1 aromatic rings. The van der Waals surface area contributed by atoms with E-state index in [1.54, 1.807) is 0 Å². The van der Waals surface area contributed by atoms with Gasteiger partial charge in [-0.15, -0.1) is 0 Å². The molecule has 0 amide bonds. The monoisotopic (exact) mass is 291 g/mol. The molecule has 0 bridgehead atoms. The highest BCUT2D eigenvalue weighted by atomic mass is 16.5. The Morgan fingerprint density at radius 1 is 1.33 bits per heavy atom. The normalized spacial score (nSPS) is 25.0. The summed E-state index contributed by atoms with van der Waals surface area (Å²) in [4.78, 5) is 4.48. The molecule has 4 heteroatoms. The minimum atomic E-state index is 0.222. The van der Waals surface area contributed by atoms with E-state index in [0.29, 0.717) is 12.1 Å². The Bertz CT molecular complexity index is 449. The average molecular weight is 291 g/mol. The number of hydrogen-bond acceptors (Lipinski definition) is 3. The van der Waals surface area contributed by atoms with Gasteiger partial charge in [-0.2, -0.15) is 0 Å². The van der Waals surface area contributed by atoms with Crippen LogP contribution in [0.5, 0.6) is 0 Å². The van der Waals surface area contributed by atoms with Crippen molar-refractivity contribution in [3.8, 4) is 0 Å². The molecular weight excluding hydrogens is 262 g/mol. The highest BCUT2D eigenvalue weighted by molar-refractivity contribution is 4.96. The van der Waals surface area contributed by atoms with Crippen molar-refractivity contribution in [3.63, 3.8) is 0 Å². The SMILES string of the molecule is CC(C)NCc1nccn1CC1CCC2(CCCCC2)O1. The minimum absolute atomic E-state index is 0.222. The van der Waals surface area contributed by atoms with Crippen LogP contribution in [0.4, 0.5) is 0 Å². The van der Waals surface area contributed by atoms with Crippen molar-refractivity contribution in [2.24, 2.45) is 0 Å². The van der Waals surface area contributed by atoms with Gasteiger partial charge in [0.25, 0.3) is 0 Å². The van der Waals surface area contributed by atoms with Crippen LogP contribution in [0.3, 0.4) is 0 Å². The molecule has 3 rings (SSSR count). The van der Waals surface area contributed by atoms with Crippen molar-refractivity contribution in [2.45, 2.75) is 89.6 Å². The highest BCUT2D eigenvalue weighted by Gasteiger charge is 2.40. The third kappa shape index (κ3) is 3.67. The number of nitrogens with zero attached hydrogens (tertiary/aromatic N) is 2. The van der Waals surface area contributed by atoms with E-state index in [9.17, 15) is 0 Å². The number of aromatic nitrogens is 2. The lowest BCUT2D eigenvalue weighted by Gasteiger charge is -2.33. The number of ether oxygens (including phenoxy) is 1. The van der Waals surface area contributed by atoms with Crippen molar-refractivity contribution in [1.29, 1.82) is 0 Å². The zero-order valence-electron chi connectivity index (χ0n) is 13.5. The lowest BCUT2D eigenvalue weighted by molar-refractivity contribution is -0.0681. The van der Waals surface area contributed by atoms with Crippen molar-refractivity contribution >= 4 is 0 Å². The van der Waals surface area contributed by atoms with Gasteiger partial charge in [0.15, 0.2) is 0 Å². The maximum absolute atomic E-state index is 6.47. The van der Waals surface area contributed by atoms with Gasteiger partial charge >= 0.3 is 0 Å². The van der Waals surface area contributed by atoms with Crippen LogP contribution < -0.4 is 5.32 Å². The number of imidazole rings is 1. The van der Waals surface area contributed by atoms with Gasteiger partial charge in [0.1, 0.15) is 5.82 Å². The fourth-order valence-electron chi connectivity index (χ4n) is 3.78. The predicted octanol–water partition coefficient (Wildman–Crippen LogP) is 3.26. The van der Waals surface area contributed by atoms with E-state index in [0.717, 1.165) is 18.9 Å². The van der Waals surface area contributed by atoms with Gasteiger partial charge in [-0.1, -0.05) is 33.1 Å². The molecule has 21 heavy (non-hydrogen) atoms. The zero-order valence-corrected chi connectivity index (χ0v) is 13.5. The summed E-state index contributed by atoms with van der Waals surface area (Å²) in [6.07, 6.45) is 13.5. The molecule has 1 atom stereocenters. The first-order valence-corrected chi connectivity index (χ1v) is 8.58. The Balaban J connectivity index is 1.56. The molecule has 0 aromatic carbocycles. The predicted molar refractivity (Wildman–Crippen MR) is 84.1 cm³/mol. The van der Waals surface area contributed by atoms with Gasteiger partial charge < -0.3 is 14.6 Å². The van der Waals surface area contributed by atoms with E-state index in [2.05, 4.69) is 34.9 Å². The Morgan fingerprint density at radius 3 is 2.90 bits per heavy atom. The second-order valence-electron chi connectivity index (χ2n) is 7.05. The van der Waals surface area contributed by atoms with Gasteiger partial charge in [-0.25, -0.2) is 4.98 Å². The Labute approximate surface area is 128 Å². The molecule has 1 spiro atoms. The van der Waals surface area contributed by atoms with E-state index in [1.165, 1.54) is 44.9 Å². The Morgan fingerprint density at radius 2 is 2.14 bits per heavy atom. The zero-order chi connectivity index (χ0) is 14.7. The molecule has 1 aromatic heterocycles. The van der Waals surface area contributed by atoms with Crippen LogP contribution in [0.2, 0.25) is 0 Å². The van der Waals surface area contributed by atoms with Gasteiger partial charge in [-0.3, -0.25) is 0 Å². The smallest absolute Gasteiger partial charge is 0.122 e. The third-order valence-corrected chi connectivity index (χ3v) is 4.97. The summed E-state index contributed by atoms with van der Waals surface area (Å²) in [5.41, 5.74) is 0.222. The maximum Gasteiger partial charge on any atom is 0.122 e. The van der Waals surface area contributed by atoms with Crippen molar-refractivity contribution in [1.82, 2.24) is 14.9 Å². The molecule has 1 aliphatic carbocycles. The van der Waals surface area contributed by atoms with E-state index in [4.69, 9.17) is 4.74 Å². The molecule has 2 aliphatic rings. The second-order valence-corrected chi connectivity index (χ2v) is 7.05. The first kappa shape index (κ1) is 15.0. The van der Waals surface area contributed by atoms with Crippen LogP contribution in [0.1, 0.15) is 64.6 Å². The molecule has 2 fully saturated rings. The van der Waals surface area contributed by atoms with Crippen LogP contribution in [0, 0.1) is 0 Å². The van der Waals surface area contributed by atoms with Crippen molar-refractivity contribution in [2.75, 3.05) is 0 Å². The molecule has 1 saturated heterocycles. The highest BCUT2D eigenvalue weighted by Crippen LogP contribution is 2.42. The van der Waals surface area contributed by atoms with E-state index >= 15 is 0 Å². The van der Waals surface area contributed by atoms with Gasteiger partial charge in [0, 0.05) is 18.4 Å². The lowest BCUT2D eigenvalue weighted by Crippen LogP contribution is -2.32. The molecule has 118 valence electrons. The Hall–Kier alpha value is -0.870. The number of nitrogens with one attached hydrogen (secondary N) is 1. The summed E-state index contributed by atoms with van der Waals surface area (Å²) >= 11 is 0. The minimum Gasteiger partial charge on any atom is -0.370 e. The first-order chi connectivity index (χ1) is 10.2. The molecular formula is C17H29N3O. The molecule has 1 aliphatic heterocycles. The number of rotatable bonds is 5. The average Bonchev–Trinajstić information content (AvgIpc) is 3.06. The fourth-order valence-corrected chi connectivity index (χ4v) is 3.78. The maximum atomic E-state index is 6.47. The van der Waals surface area contributed by atoms with Crippen LogP contribution in [-0.2, 0) is 17.8 Å². The van der Waals surface area contributed by atoms with Gasteiger partial charge in [-0.05, 0) is 25.7 Å². The van der Waals surface area contributed by atoms with E-state index in [-0.39, 0.29) is 5.60 Å². The molecule has 1 unspecified atom stereocenters. The first-order valence-electron chi connectivity index (χ1n) is 8.58. The quantitative estimate of drug-likeness (QED) is 0.905. The van der Waals surface area contributed by atoms with Crippen LogP contribution in [-0.4, -0.2) is 27.3 Å². The third-order valence-electron chi connectivity index (χ3n) is 4.97. The standard InChI is InChI=1S/C17H29N3O/c1-14(2)19-12-16-18-10-11-20(16)13-15-6-9-17(21-15)7-4-3-5-8-17/h10-11,14-15,19H,3-9,12-13H2,1-2H3. The van der Waals surface area contributed by atoms with E-state index in [1.807, 2.05) is 6.20 Å². The molecule has 2 heterocycles. The Kier molecular flexibility index (Phi) is 4.65. The van der Waals surface area contributed by atoms with Crippen LogP contribution in [0.25, 0.3) is 0 Å². The van der Waals surface area contributed by atoms with Crippen molar-refractivity contribution in [3.05, 3.63) is 18.2 Å². The summed E-state index contributed by atoms with van der Waals surface area (Å²) in [5, 5.41) is 3.45. The summed E-state index contributed by atoms with van der Waals surface area (Å²) in [5.74, 6) is 1.12. The van der Waals surface area contributed by atoms with Crippen LogP contribution in [0.15, 0.2) is 12.4 Å². The molecule has 1 saturated carbocycles. The summed E-state index contributed by atoms with van der Waals surface area (Å²) < 4.78 is 8.74. The van der Waals surface area contributed by atoms with Gasteiger partial charge in [0.05, 0.1) is 24.8 Å².